The van der Waals surface area contributed by atoms with Crippen LogP contribution in [0.1, 0.15) is 19.5 Å². The summed E-state index contributed by atoms with van der Waals surface area (Å²) in [6.07, 6.45) is 1.36. The summed E-state index contributed by atoms with van der Waals surface area (Å²) in [5.41, 5.74) is 2.19. The molecule has 0 saturated heterocycles. The number of aryl methyl sites for hydroxylation is 1. The first-order valence-corrected chi connectivity index (χ1v) is 8.93. The molecule has 0 unspecified atom stereocenters. The fraction of sp³-hybridized carbons (Fsp3) is 0.238. The molecule has 28 heavy (non-hydrogen) atoms. The van der Waals surface area contributed by atoms with E-state index in [1.165, 1.54) is 13.4 Å². The maximum Gasteiger partial charge on any atom is 0.230 e. The van der Waals surface area contributed by atoms with E-state index in [0.717, 1.165) is 5.69 Å². The van der Waals surface area contributed by atoms with Gasteiger partial charge in [-0.15, -0.1) is 0 Å². The largest absolute Gasteiger partial charge is 0.493 e. The van der Waals surface area contributed by atoms with Crippen LogP contribution in [0.3, 0.4) is 0 Å². The Balaban J connectivity index is 0.00000109. The minimum absolute atomic E-state index is 0.0892. The van der Waals surface area contributed by atoms with Crippen molar-refractivity contribution in [1.29, 1.82) is 0 Å². The SMILES string of the molecule is CC.COc1cc2ncnc(Oc3ccc4[nH]c(C)cc4c3F)c2cc1OC. The van der Waals surface area contributed by atoms with Crippen molar-refractivity contribution in [3.8, 4) is 23.1 Å². The van der Waals surface area contributed by atoms with Crippen LogP contribution < -0.4 is 14.2 Å². The molecular formula is C21H22FN3O3. The summed E-state index contributed by atoms with van der Waals surface area (Å²) in [6.45, 7) is 5.87. The highest BCUT2D eigenvalue weighted by Gasteiger charge is 2.16. The van der Waals surface area contributed by atoms with Gasteiger partial charge >= 0.3 is 0 Å². The van der Waals surface area contributed by atoms with Crippen molar-refractivity contribution in [3.05, 3.63) is 48.2 Å². The van der Waals surface area contributed by atoms with E-state index in [1.807, 2.05) is 20.8 Å². The Kier molecular flexibility index (Phi) is 5.63. The molecule has 146 valence electrons. The highest BCUT2D eigenvalue weighted by atomic mass is 19.1. The summed E-state index contributed by atoms with van der Waals surface area (Å²) in [4.78, 5) is 11.5. The molecule has 6 nitrogen and oxygen atoms in total. The Morgan fingerprint density at radius 3 is 2.32 bits per heavy atom. The summed E-state index contributed by atoms with van der Waals surface area (Å²) in [5, 5.41) is 1.06. The van der Waals surface area contributed by atoms with Gasteiger partial charge in [-0.05, 0) is 31.2 Å². The van der Waals surface area contributed by atoms with Gasteiger partial charge in [0.2, 0.25) is 5.88 Å². The molecule has 1 N–H and O–H groups in total. The minimum Gasteiger partial charge on any atom is -0.493 e. The van der Waals surface area contributed by atoms with E-state index in [1.54, 1.807) is 37.4 Å². The topological polar surface area (TPSA) is 69.3 Å². The maximum absolute atomic E-state index is 14.8. The molecule has 2 aromatic heterocycles. The van der Waals surface area contributed by atoms with Crippen molar-refractivity contribution >= 4 is 21.8 Å². The number of nitrogens with zero attached hydrogens (tertiary/aromatic N) is 2. The zero-order valence-electron chi connectivity index (χ0n) is 16.5. The number of rotatable bonds is 4. The number of nitrogens with one attached hydrogen (secondary N) is 1. The second-order valence-electron chi connectivity index (χ2n) is 5.80. The number of aromatic amines is 1. The van der Waals surface area contributed by atoms with E-state index < -0.39 is 5.82 Å². The van der Waals surface area contributed by atoms with E-state index in [4.69, 9.17) is 14.2 Å². The Bertz CT molecular complexity index is 1120. The lowest BCUT2D eigenvalue weighted by atomic mass is 10.2. The number of fused-ring (bicyclic) bond motifs is 2. The van der Waals surface area contributed by atoms with Crippen molar-refractivity contribution in [1.82, 2.24) is 15.0 Å². The van der Waals surface area contributed by atoms with Crippen LogP contribution in [0.4, 0.5) is 4.39 Å². The van der Waals surface area contributed by atoms with Gasteiger partial charge in [0.15, 0.2) is 23.1 Å². The van der Waals surface area contributed by atoms with E-state index >= 15 is 0 Å². The van der Waals surface area contributed by atoms with Crippen LogP contribution in [0.25, 0.3) is 21.8 Å². The molecule has 0 radical (unpaired) electrons. The first-order chi connectivity index (χ1) is 13.6. The number of methoxy groups -OCH3 is 2. The van der Waals surface area contributed by atoms with Crippen molar-refractivity contribution in [2.75, 3.05) is 14.2 Å². The number of ether oxygens (including phenoxy) is 3. The Labute approximate surface area is 162 Å². The van der Waals surface area contributed by atoms with E-state index in [9.17, 15) is 4.39 Å². The molecule has 2 heterocycles. The second kappa shape index (κ2) is 8.12. The Morgan fingerprint density at radius 1 is 0.893 bits per heavy atom. The monoisotopic (exact) mass is 383 g/mol. The van der Waals surface area contributed by atoms with Gasteiger partial charge in [0.1, 0.15) is 6.33 Å². The lowest BCUT2D eigenvalue weighted by Gasteiger charge is -2.12. The zero-order valence-corrected chi connectivity index (χ0v) is 16.5. The predicted octanol–water partition coefficient (Wildman–Crippen LogP) is 5.39. The Hall–Kier alpha value is -3.35. The highest BCUT2D eigenvalue weighted by molar-refractivity contribution is 5.87. The standard InChI is InChI=1S/C19H16FN3O3.C2H6/c1-10-6-11-13(23-10)4-5-15(18(11)20)26-19-12-7-16(24-2)17(25-3)8-14(12)21-9-22-19;1-2/h4-9,23H,1-3H3;1-2H3. The molecule has 0 atom stereocenters. The van der Waals surface area contributed by atoms with Gasteiger partial charge in [-0.25, -0.2) is 14.4 Å². The van der Waals surface area contributed by atoms with Crippen molar-refractivity contribution in [2.24, 2.45) is 0 Å². The van der Waals surface area contributed by atoms with Crippen LogP contribution >= 0.6 is 0 Å². The molecule has 4 rings (SSSR count). The predicted molar refractivity (Wildman–Crippen MR) is 107 cm³/mol. The fourth-order valence-corrected chi connectivity index (χ4v) is 2.91. The quantitative estimate of drug-likeness (QED) is 0.511. The molecule has 0 spiro atoms. The van der Waals surface area contributed by atoms with Gasteiger partial charge in [-0.3, -0.25) is 0 Å². The van der Waals surface area contributed by atoms with Crippen LogP contribution in [-0.2, 0) is 0 Å². The third-order valence-electron chi connectivity index (χ3n) is 4.15. The van der Waals surface area contributed by atoms with Gasteiger partial charge in [0.05, 0.1) is 25.1 Å². The molecule has 0 bridgehead atoms. The number of halogens is 1. The lowest BCUT2D eigenvalue weighted by Crippen LogP contribution is -1.96. The first kappa shape index (κ1) is 19.4. The van der Waals surface area contributed by atoms with Gasteiger partial charge in [0.25, 0.3) is 0 Å². The van der Waals surface area contributed by atoms with Crippen molar-refractivity contribution in [3.63, 3.8) is 0 Å². The lowest BCUT2D eigenvalue weighted by molar-refractivity contribution is 0.355. The summed E-state index contributed by atoms with van der Waals surface area (Å²) < 4.78 is 31.2. The maximum atomic E-state index is 14.8. The summed E-state index contributed by atoms with van der Waals surface area (Å²) in [5.74, 6) is 0.934. The molecule has 0 amide bonds. The number of H-pyrrole nitrogens is 1. The Morgan fingerprint density at radius 2 is 1.61 bits per heavy atom. The summed E-state index contributed by atoms with van der Waals surface area (Å²) in [7, 11) is 3.08. The van der Waals surface area contributed by atoms with Crippen LogP contribution in [0.2, 0.25) is 0 Å². The molecule has 0 fully saturated rings. The first-order valence-electron chi connectivity index (χ1n) is 8.93. The number of aromatic nitrogens is 3. The molecule has 0 aliphatic rings. The van der Waals surface area contributed by atoms with Gasteiger partial charge in [0, 0.05) is 22.7 Å². The van der Waals surface area contributed by atoms with Crippen molar-refractivity contribution < 1.29 is 18.6 Å². The summed E-state index contributed by atoms with van der Waals surface area (Å²) in [6, 6.07) is 8.51. The van der Waals surface area contributed by atoms with Gasteiger partial charge in [-0.1, -0.05) is 13.8 Å². The van der Waals surface area contributed by atoms with Crippen LogP contribution in [0.5, 0.6) is 23.1 Å². The van der Waals surface area contributed by atoms with Crippen LogP contribution in [0, 0.1) is 12.7 Å². The van der Waals surface area contributed by atoms with Crippen LogP contribution in [-0.4, -0.2) is 29.2 Å². The highest BCUT2D eigenvalue weighted by Crippen LogP contribution is 2.37. The average Bonchev–Trinajstić information content (AvgIpc) is 3.12. The summed E-state index contributed by atoms with van der Waals surface area (Å²) >= 11 is 0. The van der Waals surface area contributed by atoms with E-state index in [-0.39, 0.29) is 11.6 Å². The van der Waals surface area contributed by atoms with Gasteiger partial charge < -0.3 is 19.2 Å². The smallest absolute Gasteiger partial charge is 0.230 e. The molecule has 0 aliphatic heterocycles. The van der Waals surface area contributed by atoms with Crippen molar-refractivity contribution in [2.45, 2.75) is 20.8 Å². The van der Waals surface area contributed by atoms with Gasteiger partial charge in [-0.2, -0.15) is 0 Å². The van der Waals surface area contributed by atoms with Crippen LogP contribution in [0.15, 0.2) is 36.7 Å². The third kappa shape index (κ3) is 3.43. The second-order valence-corrected chi connectivity index (χ2v) is 5.80. The van der Waals surface area contributed by atoms with E-state index in [2.05, 4.69) is 15.0 Å². The fourth-order valence-electron chi connectivity index (χ4n) is 2.91. The normalized spacial score (nSPS) is 10.5. The molecule has 7 heteroatoms. The molecule has 2 aromatic carbocycles. The average molecular weight is 383 g/mol. The van der Waals surface area contributed by atoms with E-state index in [0.29, 0.717) is 33.3 Å². The number of hydrogen-bond acceptors (Lipinski definition) is 5. The molecular weight excluding hydrogens is 361 g/mol. The molecule has 0 aliphatic carbocycles. The third-order valence-corrected chi connectivity index (χ3v) is 4.15. The molecule has 0 saturated carbocycles. The minimum atomic E-state index is -0.445. The molecule has 4 aromatic rings. The number of benzene rings is 2. The zero-order chi connectivity index (χ0) is 20.3. The number of hydrogen-bond donors (Lipinski definition) is 1.